The molecular formula is C33H37F5N8O. The fourth-order valence-corrected chi connectivity index (χ4v) is 5.30. The number of H-pyrrole nitrogens is 2. The minimum atomic E-state index is -4.44. The highest BCUT2D eigenvalue weighted by Gasteiger charge is 2.31. The van der Waals surface area contributed by atoms with Gasteiger partial charge in [0, 0.05) is 72.8 Å². The molecule has 0 amide bonds. The van der Waals surface area contributed by atoms with Crippen LogP contribution in [0.15, 0.2) is 64.3 Å². The Labute approximate surface area is 269 Å². The third-order valence-corrected chi connectivity index (χ3v) is 7.80. The molecule has 3 N–H and O–H groups in total. The molecule has 1 aliphatic carbocycles. The van der Waals surface area contributed by atoms with Gasteiger partial charge in [0.05, 0.1) is 11.1 Å². The highest BCUT2D eigenvalue weighted by Crippen LogP contribution is 2.39. The van der Waals surface area contributed by atoms with Crippen molar-refractivity contribution < 1.29 is 26.7 Å². The number of halogens is 5. The highest BCUT2D eigenvalue weighted by molar-refractivity contribution is 5.94. The van der Waals surface area contributed by atoms with Crippen molar-refractivity contribution in [1.82, 2.24) is 20.1 Å². The first-order valence-corrected chi connectivity index (χ1v) is 15.4. The molecule has 14 heteroatoms. The lowest BCUT2D eigenvalue weighted by Gasteiger charge is -2.37. The Morgan fingerprint density at radius 3 is 2.53 bits per heavy atom. The molecule has 0 atom stereocenters. The number of nitrogens with one attached hydrogen (secondary N) is 3. The third kappa shape index (κ3) is 7.92. The van der Waals surface area contributed by atoms with E-state index in [0.717, 1.165) is 36.7 Å². The van der Waals surface area contributed by atoms with E-state index in [2.05, 4.69) is 37.2 Å². The van der Waals surface area contributed by atoms with Crippen molar-refractivity contribution in [3.05, 3.63) is 82.9 Å². The van der Waals surface area contributed by atoms with E-state index in [1.54, 1.807) is 19.1 Å². The summed E-state index contributed by atoms with van der Waals surface area (Å²) in [5, 5.41) is 10.5. The van der Waals surface area contributed by atoms with E-state index in [0.29, 0.717) is 61.0 Å². The molecule has 1 aliphatic heterocycles. The summed E-state index contributed by atoms with van der Waals surface area (Å²) >= 11 is 0. The summed E-state index contributed by atoms with van der Waals surface area (Å²) < 4.78 is 75.2. The SMILES string of the molecule is C=N/C(=C\C(=N/COc1cc(F)c2[nH]c(C)cc2c1F)N1CCN(c2cccc(C(F)(F)F)c2)CC1)Nc1cc(C2CC2)[nH]n1.CC. The number of hydrogen-bond donors (Lipinski definition) is 3. The number of aromatic nitrogens is 3. The number of aliphatic imine (C=N–C) groups is 2. The standard InChI is InChI=1S/C31H31F5N8O.C2H6/c1-18-12-22-29(33)25(14-23(32)30(22)39-18)45-17-38-28(16-26(37-2)40-27-15-24(41-42-27)19-6-7-19)44-10-8-43(9-11-44)21-5-3-4-20(13-21)31(34,35)36;1-2/h3-5,12-16,19,39H,2,6-11,17H2,1H3,(H2,40,41,42);1-2H3/b26-16+,38-28+;. The van der Waals surface area contributed by atoms with Crippen molar-refractivity contribution in [2.45, 2.75) is 45.7 Å². The van der Waals surface area contributed by atoms with Crippen LogP contribution in [0.25, 0.3) is 10.9 Å². The molecule has 250 valence electrons. The monoisotopic (exact) mass is 656 g/mol. The number of hydrogen-bond acceptors (Lipinski definition) is 6. The fourth-order valence-electron chi connectivity index (χ4n) is 5.30. The van der Waals surface area contributed by atoms with Crippen LogP contribution in [0.4, 0.5) is 33.5 Å². The topological polar surface area (TPSA) is 96.9 Å². The molecule has 0 radical (unpaired) electrons. The van der Waals surface area contributed by atoms with E-state index < -0.39 is 23.4 Å². The minimum Gasteiger partial charge on any atom is -0.468 e. The first-order valence-electron chi connectivity index (χ1n) is 15.4. The second-order valence-electron chi connectivity index (χ2n) is 11.0. The Kier molecular flexibility index (Phi) is 10.2. The number of piperazine rings is 1. The summed E-state index contributed by atoms with van der Waals surface area (Å²) in [6.45, 7) is 10.6. The smallest absolute Gasteiger partial charge is 0.416 e. The van der Waals surface area contributed by atoms with E-state index in [9.17, 15) is 17.6 Å². The van der Waals surface area contributed by atoms with E-state index in [4.69, 9.17) is 4.74 Å². The van der Waals surface area contributed by atoms with Crippen molar-refractivity contribution in [3.63, 3.8) is 0 Å². The van der Waals surface area contributed by atoms with Gasteiger partial charge in [-0.1, -0.05) is 19.9 Å². The van der Waals surface area contributed by atoms with E-state index >= 15 is 4.39 Å². The number of nitrogens with zero attached hydrogens (tertiary/aromatic N) is 5. The second-order valence-corrected chi connectivity index (χ2v) is 11.0. The molecule has 2 aliphatic rings. The van der Waals surface area contributed by atoms with Crippen LogP contribution in [0.5, 0.6) is 5.75 Å². The van der Waals surface area contributed by atoms with Gasteiger partial charge in [0.15, 0.2) is 29.9 Å². The number of anilines is 2. The van der Waals surface area contributed by atoms with Crippen LogP contribution >= 0.6 is 0 Å². The Morgan fingerprint density at radius 1 is 1.11 bits per heavy atom. The van der Waals surface area contributed by atoms with Crippen LogP contribution in [0.2, 0.25) is 0 Å². The average Bonchev–Trinajstić information content (AvgIpc) is 3.68. The maximum absolute atomic E-state index is 15.1. The average molecular weight is 657 g/mol. The van der Waals surface area contributed by atoms with Gasteiger partial charge >= 0.3 is 6.18 Å². The number of aryl methyl sites for hydroxylation is 1. The van der Waals surface area contributed by atoms with Crippen LogP contribution < -0.4 is 15.0 Å². The molecule has 1 saturated heterocycles. The molecule has 6 rings (SSSR count). The Morgan fingerprint density at radius 2 is 1.85 bits per heavy atom. The molecule has 2 fully saturated rings. The van der Waals surface area contributed by atoms with Gasteiger partial charge in [-0.25, -0.2) is 18.8 Å². The van der Waals surface area contributed by atoms with Crippen LogP contribution in [-0.2, 0) is 6.18 Å². The quantitative estimate of drug-likeness (QED) is 0.0979. The summed E-state index contributed by atoms with van der Waals surface area (Å²) in [6.07, 6.45) is -0.593. The van der Waals surface area contributed by atoms with Crippen molar-refractivity contribution in [1.29, 1.82) is 0 Å². The molecule has 4 aromatic rings. The van der Waals surface area contributed by atoms with Gasteiger partial charge in [-0.2, -0.15) is 18.3 Å². The molecular weight excluding hydrogens is 619 g/mol. The third-order valence-electron chi connectivity index (χ3n) is 7.80. The highest BCUT2D eigenvalue weighted by atomic mass is 19.4. The molecule has 1 saturated carbocycles. The van der Waals surface area contributed by atoms with Crippen LogP contribution in [0.3, 0.4) is 0 Å². The van der Waals surface area contributed by atoms with Crippen LogP contribution in [0.1, 0.15) is 49.6 Å². The molecule has 2 aromatic heterocycles. The predicted octanol–water partition coefficient (Wildman–Crippen LogP) is 7.61. The lowest BCUT2D eigenvalue weighted by Crippen LogP contribution is -2.48. The number of benzene rings is 2. The lowest BCUT2D eigenvalue weighted by atomic mass is 10.1. The van der Waals surface area contributed by atoms with E-state index in [1.165, 1.54) is 12.1 Å². The van der Waals surface area contributed by atoms with Crippen LogP contribution in [0, 0.1) is 18.6 Å². The van der Waals surface area contributed by atoms with Crippen molar-refractivity contribution in [2.75, 3.05) is 43.1 Å². The van der Waals surface area contributed by atoms with Gasteiger partial charge in [0.1, 0.15) is 11.7 Å². The largest absolute Gasteiger partial charge is 0.468 e. The lowest BCUT2D eigenvalue weighted by molar-refractivity contribution is -0.137. The van der Waals surface area contributed by atoms with Gasteiger partial charge in [-0.05, 0) is 50.7 Å². The molecule has 0 bridgehead atoms. The first kappa shape index (κ1) is 33.5. The first-order chi connectivity index (χ1) is 22.6. The molecule has 9 nitrogen and oxygen atoms in total. The zero-order valence-corrected chi connectivity index (χ0v) is 26.4. The zero-order chi connectivity index (χ0) is 33.7. The Balaban J connectivity index is 0.00000213. The van der Waals surface area contributed by atoms with Crippen molar-refractivity contribution in [3.8, 4) is 5.75 Å². The number of alkyl halides is 3. The molecule has 0 spiro atoms. The summed E-state index contributed by atoms with van der Waals surface area (Å²) in [6, 6.07) is 9.59. The number of fused-ring (bicyclic) bond motifs is 1. The minimum absolute atomic E-state index is 0.0547. The van der Waals surface area contributed by atoms with Gasteiger partial charge in [0.25, 0.3) is 0 Å². The van der Waals surface area contributed by atoms with Crippen LogP contribution in [-0.4, -0.2) is 65.5 Å². The molecule has 0 unspecified atom stereocenters. The maximum Gasteiger partial charge on any atom is 0.416 e. The van der Waals surface area contributed by atoms with Crippen molar-refractivity contribution in [2.24, 2.45) is 9.98 Å². The normalized spacial score (nSPS) is 15.8. The predicted molar refractivity (Wildman–Crippen MR) is 174 cm³/mol. The summed E-state index contributed by atoms with van der Waals surface area (Å²) in [5.41, 5.74) is 1.44. The molecule has 3 heterocycles. The van der Waals surface area contributed by atoms with Gasteiger partial charge in [0.2, 0.25) is 0 Å². The fraction of sp³-hybridized carbons (Fsp3) is 0.364. The maximum atomic E-state index is 15.1. The number of amidine groups is 1. The summed E-state index contributed by atoms with van der Waals surface area (Å²) in [5.74, 6) is 0.113. The second kappa shape index (κ2) is 14.3. The van der Waals surface area contributed by atoms with Gasteiger partial charge in [-0.15, -0.1) is 0 Å². The van der Waals surface area contributed by atoms with E-state index in [-0.39, 0.29) is 23.4 Å². The Bertz CT molecular complexity index is 1760. The van der Waals surface area contributed by atoms with E-state index in [1.807, 2.05) is 29.7 Å². The zero-order valence-electron chi connectivity index (χ0n) is 26.4. The summed E-state index contributed by atoms with van der Waals surface area (Å²) in [7, 11) is 0. The Hall–Kier alpha value is -4.88. The molecule has 2 aromatic carbocycles. The number of rotatable bonds is 9. The van der Waals surface area contributed by atoms with Crippen molar-refractivity contribution >= 4 is 35.0 Å². The van der Waals surface area contributed by atoms with Gasteiger partial charge in [-0.3, -0.25) is 5.10 Å². The number of ether oxygens (including phenoxy) is 1. The summed E-state index contributed by atoms with van der Waals surface area (Å²) in [4.78, 5) is 15.2. The van der Waals surface area contributed by atoms with Gasteiger partial charge < -0.3 is 24.8 Å². The molecule has 47 heavy (non-hydrogen) atoms. The number of aromatic amines is 2.